The predicted molar refractivity (Wildman–Crippen MR) is 85.1 cm³/mol. The molecule has 0 bridgehead atoms. The molecule has 0 aliphatic carbocycles. The third-order valence-electron chi connectivity index (χ3n) is 3.10. The molecule has 0 spiro atoms. The SMILES string of the molecule is Cc1ccc(-c2nc(SCC(=O)N(C)CCC#N)n[nH]2)cc1. The van der Waals surface area contributed by atoms with Crippen LogP contribution in [0.1, 0.15) is 12.0 Å². The van der Waals surface area contributed by atoms with Gasteiger partial charge in [-0.2, -0.15) is 5.26 Å². The number of nitrogens with one attached hydrogen (secondary N) is 1. The Kier molecular flexibility index (Phi) is 5.55. The zero-order chi connectivity index (χ0) is 15.9. The van der Waals surface area contributed by atoms with Crippen LogP contribution < -0.4 is 0 Å². The summed E-state index contributed by atoms with van der Waals surface area (Å²) < 4.78 is 0. The summed E-state index contributed by atoms with van der Waals surface area (Å²) >= 11 is 1.28. The third kappa shape index (κ3) is 4.33. The highest BCUT2D eigenvalue weighted by Gasteiger charge is 2.12. The molecule has 0 radical (unpaired) electrons. The van der Waals surface area contributed by atoms with Crippen molar-refractivity contribution in [2.45, 2.75) is 18.5 Å². The van der Waals surface area contributed by atoms with Gasteiger partial charge in [-0.25, -0.2) is 4.98 Å². The summed E-state index contributed by atoms with van der Waals surface area (Å²) in [5.74, 6) is 0.905. The van der Waals surface area contributed by atoms with E-state index in [1.807, 2.05) is 37.3 Å². The van der Waals surface area contributed by atoms with Crippen LogP contribution in [-0.2, 0) is 4.79 Å². The lowest BCUT2D eigenvalue weighted by atomic mass is 10.1. The number of aromatic amines is 1. The van der Waals surface area contributed by atoms with E-state index >= 15 is 0 Å². The molecule has 1 aromatic carbocycles. The number of nitriles is 1. The van der Waals surface area contributed by atoms with Crippen molar-refractivity contribution < 1.29 is 4.79 Å². The van der Waals surface area contributed by atoms with Crippen molar-refractivity contribution in [3.63, 3.8) is 0 Å². The molecule has 7 heteroatoms. The van der Waals surface area contributed by atoms with Gasteiger partial charge in [0.05, 0.1) is 18.2 Å². The van der Waals surface area contributed by atoms with E-state index in [2.05, 4.69) is 15.2 Å². The molecule has 1 amide bonds. The summed E-state index contributed by atoms with van der Waals surface area (Å²) in [5.41, 5.74) is 2.14. The maximum Gasteiger partial charge on any atom is 0.232 e. The largest absolute Gasteiger partial charge is 0.344 e. The van der Waals surface area contributed by atoms with E-state index in [1.165, 1.54) is 17.3 Å². The standard InChI is InChI=1S/C15H17N5OS/c1-11-4-6-12(7-5-11)14-17-15(19-18-14)22-10-13(21)20(2)9-3-8-16/h4-7H,3,9-10H2,1-2H3,(H,17,18,19). The van der Waals surface area contributed by atoms with Crippen molar-refractivity contribution in [3.05, 3.63) is 29.8 Å². The van der Waals surface area contributed by atoms with E-state index in [1.54, 1.807) is 11.9 Å². The topological polar surface area (TPSA) is 85.7 Å². The van der Waals surface area contributed by atoms with Crippen LogP contribution in [0.15, 0.2) is 29.4 Å². The molecule has 114 valence electrons. The molecule has 0 unspecified atom stereocenters. The maximum atomic E-state index is 11.9. The van der Waals surface area contributed by atoms with Gasteiger partial charge in [-0.15, -0.1) is 5.10 Å². The molecule has 2 rings (SSSR count). The van der Waals surface area contributed by atoms with Crippen LogP contribution in [-0.4, -0.2) is 45.3 Å². The Hall–Kier alpha value is -2.33. The molecule has 0 saturated heterocycles. The van der Waals surface area contributed by atoms with Crippen molar-refractivity contribution in [2.24, 2.45) is 0 Å². The number of carbonyl (C=O) groups is 1. The molecule has 0 atom stereocenters. The Morgan fingerprint density at radius 3 is 2.82 bits per heavy atom. The fourth-order valence-corrected chi connectivity index (χ4v) is 2.47. The van der Waals surface area contributed by atoms with Gasteiger partial charge in [0.2, 0.25) is 11.1 Å². The average molecular weight is 315 g/mol. The zero-order valence-electron chi connectivity index (χ0n) is 12.5. The Morgan fingerprint density at radius 2 is 2.14 bits per heavy atom. The van der Waals surface area contributed by atoms with Gasteiger partial charge in [0.15, 0.2) is 5.82 Å². The Bertz CT molecular complexity index is 674. The smallest absolute Gasteiger partial charge is 0.232 e. The van der Waals surface area contributed by atoms with E-state index in [0.29, 0.717) is 23.9 Å². The quantitative estimate of drug-likeness (QED) is 0.826. The summed E-state index contributed by atoms with van der Waals surface area (Å²) in [4.78, 5) is 17.8. The van der Waals surface area contributed by atoms with Crippen LogP contribution >= 0.6 is 11.8 Å². The van der Waals surface area contributed by atoms with Crippen molar-refractivity contribution >= 4 is 17.7 Å². The first kappa shape index (κ1) is 16.0. The highest BCUT2D eigenvalue weighted by molar-refractivity contribution is 7.99. The van der Waals surface area contributed by atoms with Gasteiger partial charge in [-0.1, -0.05) is 41.6 Å². The summed E-state index contributed by atoms with van der Waals surface area (Å²) in [7, 11) is 1.69. The minimum absolute atomic E-state index is 0.0399. The molecule has 1 aromatic heterocycles. The van der Waals surface area contributed by atoms with Gasteiger partial charge in [-0.05, 0) is 6.92 Å². The summed E-state index contributed by atoms with van der Waals surface area (Å²) in [6, 6.07) is 10.0. The van der Waals surface area contributed by atoms with E-state index in [9.17, 15) is 4.79 Å². The second-order valence-electron chi connectivity index (χ2n) is 4.84. The van der Waals surface area contributed by atoms with Gasteiger partial charge < -0.3 is 4.90 Å². The number of aromatic nitrogens is 3. The zero-order valence-corrected chi connectivity index (χ0v) is 13.4. The minimum atomic E-state index is -0.0399. The molecule has 22 heavy (non-hydrogen) atoms. The first-order chi connectivity index (χ1) is 10.6. The lowest BCUT2D eigenvalue weighted by molar-refractivity contribution is -0.127. The number of aryl methyl sites for hydroxylation is 1. The molecular weight excluding hydrogens is 298 g/mol. The monoisotopic (exact) mass is 315 g/mol. The molecule has 6 nitrogen and oxygen atoms in total. The normalized spacial score (nSPS) is 10.2. The second kappa shape index (κ2) is 7.61. The summed E-state index contributed by atoms with van der Waals surface area (Å²) in [5, 5.41) is 16.0. The molecule has 0 fully saturated rings. The number of hydrogen-bond donors (Lipinski definition) is 1. The van der Waals surface area contributed by atoms with Crippen LogP contribution in [0.3, 0.4) is 0 Å². The van der Waals surface area contributed by atoms with Gasteiger partial charge in [0.25, 0.3) is 0 Å². The lowest BCUT2D eigenvalue weighted by Crippen LogP contribution is -2.29. The van der Waals surface area contributed by atoms with Gasteiger partial charge in [0.1, 0.15) is 0 Å². The average Bonchev–Trinajstić information content (AvgIpc) is 2.99. The van der Waals surface area contributed by atoms with Crippen LogP contribution in [0.25, 0.3) is 11.4 Å². The van der Waals surface area contributed by atoms with Crippen molar-refractivity contribution in [1.82, 2.24) is 20.1 Å². The predicted octanol–water partition coefficient (Wildman–Crippen LogP) is 2.24. The highest BCUT2D eigenvalue weighted by Crippen LogP contribution is 2.19. The number of thioether (sulfide) groups is 1. The Morgan fingerprint density at radius 1 is 1.41 bits per heavy atom. The van der Waals surface area contributed by atoms with Gasteiger partial charge in [-0.3, -0.25) is 9.89 Å². The Balaban J connectivity index is 1.91. The number of benzene rings is 1. The maximum absolute atomic E-state index is 11.9. The van der Waals surface area contributed by atoms with Crippen LogP contribution in [0, 0.1) is 18.3 Å². The minimum Gasteiger partial charge on any atom is -0.344 e. The van der Waals surface area contributed by atoms with E-state index in [4.69, 9.17) is 5.26 Å². The van der Waals surface area contributed by atoms with E-state index < -0.39 is 0 Å². The Labute approximate surface area is 133 Å². The molecule has 0 saturated carbocycles. The molecule has 1 N–H and O–H groups in total. The number of H-pyrrole nitrogens is 1. The number of rotatable bonds is 6. The molecule has 0 aliphatic rings. The van der Waals surface area contributed by atoms with Gasteiger partial charge in [0, 0.05) is 19.2 Å². The fraction of sp³-hybridized carbons (Fsp3) is 0.333. The molecule has 2 aromatic rings. The third-order valence-corrected chi connectivity index (χ3v) is 3.93. The summed E-state index contributed by atoms with van der Waals surface area (Å²) in [6.07, 6.45) is 0.338. The van der Waals surface area contributed by atoms with Crippen molar-refractivity contribution in [2.75, 3.05) is 19.3 Å². The van der Waals surface area contributed by atoms with E-state index in [0.717, 1.165) is 5.56 Å². The van der Waals surface area contributed by atoms with Crippen LogP contribution in [0.5, 0.6) is 0 Å². The number of nitrogens with zero attached hydrogens (tertiary/aromatic N) is 4. The molecular formula is C15H17N5OS. The van der Waals surface area contributed by atoms with E-state index in [-0.39, 0.29) is 11.7 Å². The van der Waals surface area contributed by atoms with Gasteiger partial charge >= 0.3 is 0 Å². The lowest BCUT2D eigenvalue weighted by Gasteiger charge is -2.14. The fourth-order valence-electron chi connectivity index (χ4n) is 1.73. The summed E-state index contributed by atoms with van der Waals surface area (Å²) in [6.45, 7) is 2.47. The van der Waals surface area contributed by atoms with Crippen molar-refractivity contribution in [1.29, 1.82) is 5.26 Å². The highest BCUT2D eigenvalue weighted by atomic mass is 32.2. The van der Waals surface area contributed by atoms with Crippen molar-refractivity contribution in [3.8, 4) is 17.5 Å². The molecule has 0 aliphatic heterocycles. The van der Waals surface area contributed by atoms with Crippen LogP contribution in [0.4, 0.5) is 0 Å². The molecule has 1 heterocycles. The number of amides is 1. The van der Waals surface area contributed by atoms with Crippen LogP contribution in [0.2, 0.25) is 0 Å². The first-order valence-corrected chi connectivity index (χ1v) is 7.82. The second-order valence-corrected chi connectivity index (χ2v) is 5.79. The number of hydrogen-bond acceptors (Lipinski definition) is 5. The number of carbonyl (C=O) groups excluding carboxylic acids is 1. The first-order valence-electron chi connectivity index (χ1n) is 6.83.